The highest BCUT2D eigenvalue weighted by atomic mass is 16.5. The van der Waals surface area contributed by atoms with Gasteiger partial charge in [-0.3, -0.25) is 4.79 Å². The number of benzene rings is 1. The fourth-order valence-electron chi connectivity index (χ4n) is 2.17. The Kier molecular flexibility index (Phi) is 3.77. The molecule has 1 unspecified atom stereocenters. The molecule has 0 radical (unpaired) electrons. The smallest absolute Gasteiger partial charge is 0.251 e. The lowest BCUT2D eigenvalue weighted by molar-refractivity contribution is 0.0938. The highest BCUT2D eigenvalue weighted by Gasteiger charge is 2.16. The molecular weight excluding hydrogens is 270 g/mol. The largest absolute Gasteiger partial charge is 0.490 e. The number of ether oxygens (including phenoxy) is 2. The Morgan fingerprint density at radius 2 is 2.14 bits per heavy atom. The molecule has 0 fully saturated rings. The number of aromatic nitrogens is 2. The average Bonchev–Trinajstić information content (AvgIpc) is 2.92. The SMILES string of the molecule is CC(NC(=O)c1ccc2c(c1)OCCCO2)c1ncc[nH]1. The highest BCUT2D eigenvalue weighted by molar-refractivity contribution is 5.95. The second-order valence-electron chi connectivity index (χ2n) is 4.88. The predicted molar refractivity (Wildman–Crippen MR) is 76.5 cm³/mol. The zero-order chi connectivity index (χ0) is 14.7. The normalized spacial score (nSPS) is 15.1. The summed E-state index contributed by atoms with van der Waals surface area (Å²) in [5.74, 6) is 1.85. The number of hydrogen-bond donors (Lipinski definition) is 2. The molecule has 1 aliphatic rings. The lowest BCUT2D eigenvalue weighted by atomic mass is 10.1. The van der Waals surface area contributed by atoms with Crippen molar-refractivity contribution in [3.8, 4) is 11.5 Å². The number of H-pyrrole nitrogens is 1. The Bertz CT molecular complexity index is 625. The first-order valence-electron chi connectivity index (χ1n) is 6.94. The van der Waals surface area contributed by atoms with Crippen LogP contribution in [-0.4, -0.2) is 29.1 Å². The van der Waals surface area contributed by atoms with Gasteiger partial charge in [-0.2, -0.15) is 0 Å². The number of carbonyl (C=O) groups is 1. The van der Waals surface area contributed by atoms with Crippen molar-refractivity contribution in [1.29, 1.82) is 0 Å². The van der Waals surface area contributed by atoms with Gasteiger partial charge in [-0.05, 0) is 25.1 Å². The van der Waals surface area contributed by atoms with Crippen molar-refractivity contribution in [2.45, 2.75) is 19.4 Å². The quantitative estimate of drug-likeness (QED) is 0.906. The van der Waals surface area contributed by atoms with Gasteiger partial charge in [0.25, 0.3) is 5.91 Å². The number of hydrogen-bond acceptors (Lipinski definition) is 4. The summed E-state index contributed by atoms with van der Waals surface area (Å²) in [6.07, 6.45) is 4.23. The number of nitrogens with one attached hydrogen (secondary N) is 2. The monoisotopic (exact) mass is 287 g/mol. The van der Waals surface area contributed by atoms with Gasteiger partial charge < -0.3 is 19.8 Å². The van der Waals surface area contributed by atoms with Crippen molar-refractivity contribution < 1.29 is 14.3 Å². The van der Waals surface area contributed by atoms with Crippen molar-refractivity contribution >= 4 is 5.91 Å². The topological polar surface area (TPSA) is 76.2 Å². The summed E-state index contributed by atoms with van der Waals surface area (Å²) >= 11 is 0. The average molecular weight is 287 g/mol. The van der Waals surface area contributed by atoms with Crippen LogP contribution < -0.4 is 14.8 Å². The first-order valence-corrected chi connectivity index (χ1v) is 6.94. The lowest BCUT2D eigenvalue weighted by Crippen LogP contribution is -2.27. The fraction of sp³-hybridized carbons (Fsp3) is 0.333. The van der Waals surface area contributed by atoms with Crippen LogP contribution in [0.25, 0.3) is 0 Å². The second-order valence-corrected chi connectivity index (χ2v) is 4.88. The standard InChI is InChI=1S/C15H17N3O3/c1-10(14-16-5-6-17-14)18-15(19)11-3-4-12-13(9-11)21-8-2-7-20-12/h3-6,9-10H,2,7-8H2,1H3,(H,16,17)(H,18,19). The first-order chi connectivity index (χ1) is 10.2. The third-order valence-electron chi connectivity index (χ3n) is 3.29. The number of nitrogens with zero attached hydrogens (tertiary/aromatic N) is 1. The van der Waals surface area contributed by atoms with Crippen molar-refractivity contribution in [3.05, 3.63) is 42.0 Å². The maximum atomic E-state index is 12.3. The summed E-state index contributed by atoms with van der Waals surface area (Å²) in [4.78, 5) is 19.4. The zero-order valence-corrected chi connectivity index (χ0v) is 11.8. The molecule has 0 bridgehead atoms. The van der Waals surface area contributed by atoms with Crippen LogP contribution >= 0.6 is 0 Å². The lowest BCUT2D eigenvalue weighted by Gasteiger charge is -2.13. The van der Waals surface area contributed by atoms with Gasteiger partial charge in [0.15, 0.2) is 11.5 Å². The molecule has 2 N–H and O–H groups in total. The van der Waals surface area contributed by atoms with Crippen LogP contribution in [0.15, 0.2) is 30.6 Å². The van der Waals surface area contributed by atoms with E-state index in [2.05, 4.69) is 15.3 Å². The van der Waals surface area contributed by atoms with E-state index in [1.807, 2.05) is 6.92 Å². The predicted octanol–water partition coefficient (Wildman–Crippen LogP) is 2.06. The molecule has 1 atom stereocenters. The Hall–Kier alpha value is -2.50. The van der Waals surface area contributed by atoms with Gasteiger partial charge >= 0.3 is 0 Å². The molecule has 1 aromatic heterocycles. The molecule has 21 heavy (non-hydrogen) atoms. The zero-order valence-electron chi connectivity index (χ0n) is 11.8. The minimum absolute atomic E-state index is 0.172. The molecular formula is C15H17N3O3. The fourth-order valence-corrected chi connectivity index (χ4v) is 2.17. The van der Waals surface area contributed by atoms with E-state index in [4.69, 9.17) is 9.47 Å². The van der Waals surface area contributed by atoms with E-state index in [9.17, 15) is 4.79 Å². The molecule has 2 heterocycles. The molecule has 0 saturated heterocycles. The number of carbonyl (C=O) groups excluding carboxylic acids is 1. The summed E-state index contributed by atoms with van der Waals surface area (Å²) in [5, 5.41) is 2.89. The molecule has 2 aromatic rings. The van der Waals surface area contributed by atoms with E-state index in [1.54, 1.807) is 30.6 Å². The van der Waals surface area contributed by atoms with Crippen molar-refractivity contribution in [2.75, 3.05) is 13.2 Å². The number of fused-ring (bicyclic) bond motifs is 1. The maximum absolute atomic E-state index is 12.3. The molecule has 0 spiro atoms. The van der Waals surface area contributed by atoms with E-state index >= 15 is 0 Å². The molecule has 0 aliphatic carbocycles. The molecule has 110 valence electrons. The van der Waals surface area contributed by atoms with Crippen LogP contribution in [0.1, 0.15) is 35.6 Å². The van der Waals surface area contributed by atoms with Gasteiger partial charge in [0, 0.05) is 24.4 Å². The molecule has 6 heteroatoms. The summed E-state index contributed by atoms with van der Waals surface area (Å²) in [6, 6.07) is 5.03. The summed E-state index contributed by atoms with van der Waals surface area (Å²) < 4.78 is 11.1. The van der Waals surface area contributed by atoms with E-state index in [0.29, 0.717) is 30.3 Å². The Morgan fingerprint density at radius 1 is 1.33 bits per heavy atom. The van der Waals surface area contributed by atoms with E-state index < -0.39 is 0 Å². The molecule has 0 saturated carbocycles. The minimum atomic E-state index is -0.191. The number of rotatable bonds is 3. The number of aromatic amines is 1. The van der Waals surface area contributed by atoms with Crippen LogP contribution in [-0.2, 0) is 0 Å². The van der Waals surface area contributed by atoms with Crippen molar-refractivity contribution in [3.63, 3.8) is 0 Å². The third-order valence-corrected chi connectivity index (χ3v) is 3.29. The summed E-state index contributed by atoms with van der Waals surface area (Å²) in [6.45, 7) is 3.11. The van der Waals surface area contributed by atoms with Gasteiger partial charge in [-0.25, -0.2) is 4.98 Å². The van der Waals surface area contributed by atoms with E-state index in [-0.39, 0.29) is 11.9 Å². The van der Waals surface area contributed by atoms with Gasteiger partial charge in [-0.1, -0.05) is 0 Å². The van der Waals surface area contributed by atoms with Crippen molar-refractivity contribution in [2.24, 2.45) is 0 Å². The van der Waals surface area contributed by atoms with Crippen LogP contribution in [0, 0.1) is 0 Å². The van der Waals surface area contributed by atoms with Gasteiger partial charge in [0.2, 0.25) is 0 Å². The van der Waals surface area contributed by atoms with Crippen LogP contribution in [0.3, 0.4) is 0 Å². The Morgan fingerprint density at radius 3 is 2.90 bits per heavy atom. The number of imidazole rings is 1. The van der Waals surface area contributed by atoms with Gasteiger partial charge in [0.1, 0.15) is 5.82 Å². The highest BCUT2D eigenvalue weighted by Crippen LogP contribution is 2.30. The van der Waals surface area contributed by atoms with E-state index in [1.165, 1.54) is 0 Å². The number of amides is 1. The van der Waals surface area contributed by atoms with Crippen LogP contribution in [0.2, 0.25) is 0 Å². The Balaban J connectivity index is 1.74. The van der Waals surface area contributed by atoms with E-state index in [0.717, 1.165) is 12.2 Å². The van der Waals surface area contributed by atoms with Crippen LogP contribution in [0.5, 0.6) is 11.5 Å². The second kappa shape index (κ2) is 5.87. The molecule has 1 aliphatic heterocycles. The molecule has 6 nitrogen and oxygen atoms in total. The minimum Gasteiger partial charge on any atom is -0.490 e. The van der Waals surface area contributed by atoms with Gasteiger partial charge in [-0.15, -0.1) is 0 Å². The van der Waals surface area contributed by atoms with Gasteiger partial charge in [0.05, 0.1) is 19.3 Å². The molecule has 1 aromatic carbocycles. The summed E-state index contributed by atoms with van der Waals surface area (Å²) in [7, 11) is 0. The summed E-state index contributed by atoms with van der Waals surface area (Å²) in [5.41, 5.74) is 0.539. The van der Waals surface area contributed by atoms with Crippen molar-refractivity contribution in [1.82, 2.24) is 15.3 Å². The molecule has 1 amide bonds. The maximum Gasteiger partial charge on any atom is 0.251 e. The molecule has 3 rings (SSSR count). The third kappa shape index (κ3) is 2.99. The van der Waals surface area contributed by atoms with Crippen LogP contribution in [0.4, 0.5) is 0 Å². The Labute approximate surface area is 122 Å². The first kappa shape index (κ1) is 13.5.